The van der Waals surface area contributed by atoms with Crippen LogP contribution >= 0.6 is 0 Å². The lowest BCUT2D eigenvalue weighted by Crippen LogP contribution is -2.41. The third-order valence-electron chi connectivity index (χ3n) is 2.71. The van der Waals surface area contributed by atoms with Crippen LogP contribution in [0.4, 0.5) is 13.2 Å². The summed E-state index contributed by atoms with van der Waals surface area (Å²) in [4.78, 5) is 15.4. The molecular weight excluding hydrogens is 299 g/mol. The van der Waals surface area contributed by atoms with Crippen LogP contribution in [-0.4, -0.2) is 29.7 Å². The fourth-order valence-corrected chi connectivity index (χ4v) is 1.73. The van der Waals surface area contributed by atoms with Gasteiger partial charge in [0.25, 0.3) is 0 Å². The SMILES string of the molecule is CC(C)C[C@H](N)C(=O)NCc1ccnc(OCC(F)(F)F)c1. The Morgan fingerprint density at radius 3 is 2.73 bits per heavy atom. The molecule has 1 heterocycles. The van der Waals surface area contributed by atoms with Crippen LogP contribution in [0.15, 0.2) is 18.3 Å². The molecule has 0 aliphatic heterocycles. The molecule has 0 aromatic carbocycles. The highest BCUT2D eigenvalue weighted by Gasteiger charge is 2.28. The van der Waals surface area contributed by atoms with Gasteiger partial charge in [-0.2, -0.15) is 13.2 Å². The topological polar surface area (TPSA) is 77.2 Å². The Morgan fingerprint density at radius 2 is 2.14 bits per heavy atom. The predicted octanol–water partition coefficient (Wildman–Crippen LogP) is 2.01. The van der Waals surface area contributed by atoms with E-state index in [0.29, 0.717) is 17.9 Å². The minimum absolute atomic E-state index is 0.143. The number of rotatable bonds is 7. The van der Waals surface area contributed by atoms with E-state index >= 15 is 0 Å². The van der Waals surface area contributed by atoms with E-state index in [-0.39, 0.29) is 18.3 Å². The van der Waals surface area contributed by atoms with Crippen molar-refractivity contribution in [3.05, 3.63) is 23.9 Å². The van der Waals surface area contributed by atoms with E-state index in [1.807, 2.05) is 13.8 Å². The molecule has 1 rings (SSSR count). The number of halogens is 3. The highest BCUT2D eigenvalue weighted by atomic mass is 19.4. The Balaban J connectivity index is 2.51. The minimum Gasteiger partial charge on any atom is -0.468 e. The first-order valence-electron chi connectivity index (χ1n) is 6.85. The van der Waals surface area contributed by atoms with Crippen LogP contribution in [0.3, 0.4) is 0 Å². The average molecular weight is 319 g/mol. The van der Waals surface area contributed by atoms with E-state index in [9.17, 15) is 18.0 Å². The number of nitrogens with two attached hydrogens (primary N) is 1. The lowest BCUT2D eigenvalue weighted by Gasteiger charge is -2.14. The molecule has 1 amide bonds. The summed E-state index contributed by atoms with van der Waals surface area (Å²) in [5.41, 5.74) is 6.31. The molecule has 0 fully saturated rings. The number of carbonyl (C=O) groups excluding carboxylic acids is 1. The number of amides is 1. The summed E-state index contributed by atoms with van der Waals surface area (Å²) in [6, 6.07) is 2.32. The van der Waals surface area contributed by atoms with Crippen LogP contribution in [-0.2, 0) is 11.3 Å². The highest BCUT2D eigenvalue weighted by molar-refractivity contribution is 5.81. The van der Waals surface area contributed by atoms with Crippen LogP contribution < -0.4 is 15.8 Å². The van der Waals surface area contributed by atoms with Crippen molar-refractivity contribution in [3.63, 3.8) is 0 Å². The van der Waals surface area contributed by atoms with Gasteiger partial charge < -0.3 is 15.8 Å². The number of hydrogen-bond donors (Lipinski definition) is 2. The molecule has 0 aliphatic rings. The third kappa shape index (κ3) is 7.26. The first-order valence-corrected chi connectivity index (χ1v) is 6.85. The molecule has 0 radical (unpaired) electrons. The monoisotopic (exact) mass is 319 g/mol. The van der Waals surface area contributed by atoms with Gasteiger partial charge in [-0.3, -0.25) is 4.79 Å². The molecular formula is C14H20F3N3O2. The van der Waals surface area contributed by atoms with Crippen molar-refractivity contribution in [2.45, 2.75) is 39.0 Å². The maximum atomic E-state index is 12.1. The van der Waals surface area contributed by atoms with Crippen molar-refractivity contribution in [1.29, 1.82) is 0 Å². The molecule has 8 heteroatoms. The van der Waals surface area contributed by atoms with Crippen molar-refractivity contribution in [2.24, 2.45) is 11.7 Å². The maximum absolute atomic E-state index is 12.1. The fraction of sp³-hybridized carbons (Fsp3) is 0.571. The number of hydrogen-bond acceptors (Lipinski definition) is 4. The van der Waals surface area contributed by atoms with Crippen molar-refractivity contribution in [2.75, 3.05) is 6.61 Å². The Hall–Kier alpha value is -1.83. The molecule has 1 atom stereocenters. The second kappa shape index (κ2) is 7.98. The van der Waals surface area contributed by atoms with Crippen molar-refractivity contribution in [3.8, 4) is 5.88 Å². The Bertz CT molecular complexity index is 492. The normalized spacial score (nSPS) is 13.0. The summed E-state index contributed by atoms with van der Waals surface area (Å²) < 4.78 is 40.7. The zero-order chi connectivity index (χ0) is 16.8. The zero-order valence-electron chi connectivity index (χ0n) is 12.5. The van der Waals surface area contributed by atoms with Crippen molar-refractivity contribution >= 4 is 5.91 Å². The highest BCUT2D eigenvalue weighted by Crippen LogP contribution is 2.17. The third-order valence-corrected chi connectivity index (χ3v) is 2.71. The van der Waals surface area contributed by atoms with Gasteiger partial charge in [-0.1, -0.05) is 13.8 Å². The second-order valence-electron chi connectivity index (χ2n) is 5.36. The smallest absolute Gasteiger partial charge is 0.422 e. The summed E-state index contributed by atoms with van der Waals surface area (Å²) in [7, 11) is 0. The molecule has 0 aliphatic carbocycles. The molecule has 3 N–H and O–H groups in total. The fourth-order valence-electron chi connectivity index (χ4n) is 1.73. The van der Waals surface area contributed by atoms with Gasteiger partial charge in [0.15, 0.2) is 6.61 Å². The van der Waals surface area contributed by atoms with Gasteiger partial charge in [0.05, 0.1) is 6.04 Å². The summed E-state index contributed by atoms with van der Waals surface area (Å²) in [5, 5.41) is 2.63. The number of aromatic nitrogens is 1. The van der Waals surface area contributed by atoms with Gasteiger partial charge in [-0.15, -0.1) is 0 Å². The first kappa shape index (κ1) is 18.2. The standard InChI is InChI=1S/C14H20F3N3O2/c1-9(2)5-11(18)13(21)20-7-10-3-4-19-12(6-10)22-8-14(15,16)17/h3-4,6,9,11H,5,7-8,18H2,1-2H3,(H,20,21)/t11-/m0/s1. The van der Waals surface area contributed by atoms with Crippen LogP contribution in [0.5, 0.6) is 5.88 Å². The zero-order valence-corrected chi connectivity index (χ0v) is 12.5. The molecule has 124 valence electrons. The van der Waals surface area contributed by atoms with E-state index in [0.717, 1.165) is 0 Å². The molecule has 0 bridgehead atoms. The molecule has 5 nitrogen and oxygen atoms in total. The summed E-state index contributed by atoms with van der Waals surface area (Å²) in [5.74, 6) is -0.150. The number of carbonyl (C=O) groups is 1. The van der Waals surface area contributed by atoms with Gasteiger partial charge in [-0.05, 0) is 24.0 Å². The summed E-state index contributed by atoms with van der Waals surface area (Å²) >= 11 is 0. The Morgan fingerprint density at radius 1 is 1.45 bits per heavy atom. The van der Waals surface area contributed by atoms with Crippen molar-refractivity contribution < 1.29 is 22.7 Å². The second-order valence-corrected chi connectivity index (χ2v) is 5.36. The van der Waals surface area contributed by atoms with E-state index < -0.39 is 18.8 Å². The molecule has 1 aromatic heterocycles. The maximum Gasteiger partial charge on any atom is 0.422 e. The summed E-state index contributed by atoms with van der Waals surface area (Å²) in [6.45, 7) is 2.66. The molecule has 0 saturated carbocycles. The van der Waals surface area contributed by atoms with Gasteiger partial charge in [0.1, 0.15) is 0 Å². The largest absolute Gasteiger partial charge is 0.468 e. The lowest BCUT2D eigenvalue weighted by molar-refractivity contribution is -0.154. The number of nitrogens with one attached hydrogen (secondary N) is 1. The lowest BCUT2D eigenvalue weighted by atomic mass is 10.0. The van der Waals surface area contributed by atoms with Gasteiger partial charge in [-0.25, -0.2) is 4.98 Å². The van der Waals surface area contributed by atoms with E-state index in [4.69, 9.17) is 5.73 Å². The van der Waals surface area contributed by atoms with Crippen LogP contribution in [0.25, 0.3) is 0 Å². The minimum atomic E-state index is -4.42. The van der Waals surface area contributed by atoms with E-state index in [1.54, 1.807) is 6.07 Å². The van der Waals surface area contributed by atoms with Gasteiger partial charge >= 0.3 is 6.18 Å². The average Bonchev–Trinajstić information content (AvgIpc) is 2.41. The first-order chi connectivity index (χ1) is 10.2. The van der Waals surface area contributed by atoms with E-state index in [2.05, 4.69) is 15.0 Å². The Labute approximate surface area is 127 Å². The Kier molecular flexibility index (Phi) is 6.61. The predicted molar refractivity (Wildman–Crippen MR) is 75.1 cm³/mol. The van der Waals surface area contributed by atoms with Crippen molar-refractivity contribution in [1.82, 2.24) is 10.3 Å². The quantitative estimate of drug-likeness (QED) is 0.806. The van der Waals surface area contributed by atoms with E-state index in [1.165, 1.54) is 12.3 Å². The molecule has 0 unspecified atom stereocenters. The number of ether oxygens (including phenoxy) is 1. The molecule has 0 saturated heterocycles. The van der Waals surface area contributed by atoms with Crippen LogP contribution in [0.2, 0.25) is 0 Å². The van der Waals surface area contributed by atoms with Crippen LogP contribution in [0.1, 0.15) is 25.8 Å². The molecule has 22 heavy (non-hydrogen) atoms. The number of alkyl halides is 3. The summed E-state index contributed by atoms with van der Waals surface area (Å²) in [6.07, 6.45) is -2.54. The van der Waals surface area contributed by atoms with Crippen LogP contribution in [0, 0.1) is 5.92 Å². The molecule has 1 aromatic rings. The number of pyridine rings is 1. The van der Waals surface area contributed by atoms with Gasteiger partial charge in [0.2, 0.25) is 11.8 Å². The van der Waals surface area contributed by atoms with Gasteiger partial charge in [0, 0.05) is 18.8 Å². The number of nitrogens with zero attached hydrogens (tertiary/aromatic N) is 1. The molecule has 0 spiro atoms.